The average Bonchev–Trinajstić information content (AvgIpc) is 3.82. The molecule has 3 unspecified atom stereocenters. The summed E-state index contributed by atoms with van der Waals surface area (Å²) in [6, 6.07) is -0.631. The molecule has 78 heavy (non-hydrogen) atoms. The van der Waals surface area contributed by atoms with E-state index in [4.69, 9.17) is 14.2 Å². The second kappa shape index (κ2) is 32.0. The molecule has 1 heterocycles. The summed E-state index contributed by atoms with van der Waals surface area (Å²) in [6.07, 6.45) is 7.10. The zero-order chi connectivity index (χ0) is 59.3. The van der Waals surface area contributed by atoms with E-state index in [1.54, 1.807) is 58.9 Å². The standard InChI is InChI=1S/C59H99N7O12/c1-18-19-20-21-22-23-24-26-43(67)35-42(33-36(2)3)51(70)65-48(40(7)77-58(11,12)13)56(75)66-32-25-27-46(66)53(72)64-47(39(6)76-57(8,9)10)54(73)62-38(5)50(69)63-45(52(71)61-37(4)49(68)55(74)60-17)34-41-28-30-44(31-29-41)78-59(14,15)16/h28-31,36-40,42,45-48H,18-27,32-35H2,1-17H3,(H,60,74)(H,61,71)(H,62,73)(H,63,69)(H,64,72)(H,65,70)/t37?,38-,39?,40?,42+,45-,46+,47-,48-/m0/s1. The van der Waals surface area contributed by atoms with E-state index >= 15 is 0 Å². The Morgan fingerprint density at radius 3 is 1.72 bits per heavy atom. The van der Waals surface area contributed by atoms with Crippen LogP contribution >= 0.6 is 0 Å². The topological polar surface area (TPSA) is 257 Å². The van der Waals surface area contributed by atoms with Gasteiger partial charge in [0.1, 0.15) is 47.3 Å². The van der Waals surface area contributed by atoms with Gasteiger partial charge in [-0.05, 0) is 139 Å². The first-order valence-corrected chi connectivity index (χ1v) is 28.4. The molecule has 2 rings (SSSR count). The molecule has 1 fully saturated rings. The van der Waals surface area contributed by atoms with Gasteiger partial charge in [0.2, 0.25) is 41.2 Å². The van der Waals surface area contributed by atoms with Crippen LogP contribution in [0.3, 0.4) is 0 Å². The highest BCUT2D eigenvalue weighted by Crippen LogP contribution is 2.25. The summed E-state index contributed by atoms with van der Waals surface area (Å²) < 4.78 is 18.4. The second-order valence-corrected chi connectivity index (χ2v) is 24.5. The third-order valence-corrected chi connectivity index (χ3v) is 13.0. The third-order valence-electron chi connectivity index (χ3n) is 13.0. The SMILES string of the molecule is CCCCCCCCCC(=O)C[C@@H](CC(C)C)C(=O)N[C@H](C(=O)N1CCC[C@@H]1C(=O)N[C@H](C(=O)N[C@@H](C)C(=O)N[C@@H](Cc1ccc(OC(C)(C)C)cc1)C(=O)NC(C)C(=O)C(=O)NC)C(C)OC(C)(C)C)C(C)OC(C)(C)C. The van der Waals surface area contributed by atoms with Crippen molar-refractivity contribution in [2.75, 3.05) is 13.6 Å². The predicted molar refractivity (Wildman–Crippen MR) is 301 cm³/mol. The van der Waals surface area contributed by atoms with Gasteiger partial charge in [0, 0.05) is 38.8 Å². The minimum absolute atomic E-state index is 0.00107. The van der Waals surface area contributed by atoms with Crippen molar-refractivity contribution in [3.05, 3.63) is 29.8 Å². The molecule has 9 atom stereocenters. The molecule has 1 aromatic rings. The molecule has 1 aliphatic rings. The number of unbranched alkanes of at least 4 members (excludes halogenated alkanes) is 6. The normalized spacial score (nSPS) is 17.1. The fourth-order valence-corrected chi connectivity index (χ4v) is 9.39. The maximum atomic E-state index is 14.8. The molecule has 1 saturated heterocycles. The molecule has 0 aliphatic carbocycles. The highest BCUT2D eigenvalue weighted by molar-refractivity contribution is 6.38. The van der Waals surface area contributed by atoms with Crippen LogP contribution in [0.4, 0.5) is 0 Å². The van der Waals surface area contributed by atoms with Gasteiger partial charge in [0.25, 0.3) is 5.91 Å². The van der Waals surface area contributed by atoms with Crippen molar-refractivity contribution in [3.8, 4) is 5.75 Å². The van der Waals surface area contributed by atoms with E-state index in [9.17, 15) is 43.2 Å². The lowest BCUT2D eigenvalue weighted by Gasteiger charge is -2.36. The summed E-state index contributed by atoms with van der Waals surface area (Å²) in [4.78, 5) is 125. The second-order valence-electron chi connectivity index (χ2n) is 24.5. The largest absolute Gasteiger partial charge is 0.488 e. The van der Waals surface area contributed by atoms with E-state index in [2.05, 4.69) is 38.8 Å². The number of amides is 7. The van der Waals surface area contributed by atoms with Crippen molar-refractivity contribution in [2.45, 2.75) is 260 Å². The fraction of sp³-hybridized carbons (Fsp3) is 0.746. The van der Waals surface area contributed by atoms with Gasteiger partial charge >= 0.3 is 0 Å². The third kappa shape index (κ3) is 25.1. The van der Waals surface area contributed by atoms with Crippen molar-refractivity contribution in [1.82, 2.24) is 36.8 Å². The minimum Gasteiger partial charge on any atom is -0.488 e. The van der Waals surface area contributed by atoms with Crippen molar-refractivity contribution < 1.29 is 57.4 Å². The number of likely N-dealkylation sites (tertiary alicyclic amines) is 1. The fourth-order valence-electron chi connectivity index (χ4n) is 9.39. The van der Waals surface area contributed by atoms with E-state index in [0.717, 1.165) is 32.1 Å². The molecule has 1 aliphatic heterocycles. The summed E-state index contributed by atoms with van der Waals surface area (Å²) in [5, 5.41) is 15.9. The Kier molecular flexibility index (Phi) is 28.2. The summed E-state index contributed by atoms with van der Waals surface area (Å²) >= 11 is 0. The van der Waals surface area contributed by atoms with Gasteiger partial charge in [-0.15, -0.1) is 0 Å². The van der Waals surface area contributed by atoms with Gasteiger partial charge in [0.05, 0.1) is 29.5 Å². The molecule has 7 amide bonds. The quantitative estimate of drug-likeness (QED) is 0.0341. The minimum atomic E-state index is -1.40. The van der Waals surface area contributed by atoms with Crippen LogP contribution in [0.5, 0.6) is 5.75 Å². The van der Waals surface area contributed by atoms with Gasteiger partial charge in [-0.3, -0.25) is 43.2 Å². The number of nitrogens with zero attached hydrogens (tertiary/aromatic N) is 1. The van der Waals surface area contributed by atoms with E-state index < -0.39 is 118 Å². The first kappa shape index (κ1) is 68.7. The van der Waals surface area contributed by atoms with Gasteiger partial charge in [-0.1, -0.05) is 71.4 Å². The number of benzene rings is 1. The van der Waals surface area contributed by atoms with Crippen LogP contribution < -0.4 is 36.6 Å². The number of carbonyl (C=O) groups is 9. The number of hydrogen-bond donors (Lipinski definition) is 6. The number of rotatable bonds is 32. The maximum Gasteiger partial charge on any atom is 0.289 e. The smallest absolute Gasteiger partial charge is 0.289 e. The molecule has 0 radical (unpaired) electrons. The molecular weight excluding hydrogens is 999 g/mol. The number of nitrogens with one attached hydrogen (secondary N) is 6. The summed E-state index contributed by atoms with van der Waals surface area (Å²) in [5.41, 5.74) is -1.37. The van der Waals surface area contributed by atoms with Crippen molar-refractivity contribution in [2.24, 2.45) is 11.8 Å². The number of ether oxygens (including phenoxy) is 3. The van der Waals surface area contributed by atoms with Crippen LogP contribution in [0.25, 0.3) is 0 Å². The zero-order valence-electron chi connectivity index (χ0n) is 50.3. The lowest BCUT2D eigenvalue weighted by atomic mass is 9.90. The van der Waals surface area contributed by atoms with Crippen LogP contribution in [0.15, 0.2) is 24.3 Å². The van der Waals surface area contributed by atoms with E-state index in [-0.39, 0.29) is 37.5 Å². The van der Waals surface area contributed by atoms with Gasteiger partial charge in [-0.25, -0.2) is 0 Å². The number of carbonyl (C=O) groups excluding carboxylic acids is 9. The molecule has 0 saturated carbocycles. The predicted octanol–water partition coefficient (Wildman–Crippen LogP) is 6.35. The highest BCUT2D eigenvalue weighted by atomic mass is 16.5. The Morgan fingerprint density at radius 2 is 1.18 bits per heavy atom. The Morgan fingerprint density at radius 1 is 0.628 bits per heavy atom. The van der Waals surface area contributed by atoms with Crippen LogP contribution in [0.1, 0.15) is 193 Å². The number of hydrogen-bond acceptors (Lipinski definition) is 12. The lowest BCUT2D eigenvalue weighted by Crippen LogP contribution is -2.62. The van der Waals surface area contributed by atoms with E-state index in [1.165, 1.54) is 38.6 Å². The molecule has 19 heteroatoms. The van der Waals surface area contributed by atoms with Crippen LogP contribution in [0.2, 0.25) is 0 Å². The van der Waals surface area contributed by atoms with Crippen LogP contribution in [-0.4, -0.2) is 137 Å². The molecule has 0 bridgehead atoms. The molecule has 0 spiro atoms. The highest BCUT2D eigenvalue weighted by Gasteiger charge is 2.43. The van der Waals surface area contributed by atoms with Crippen molar-refractivity contribution in [1.29, 1.82) is 0 Å². The van der Waals surface area contributed by atoms with Crippen molar-refractivity contribution in [3.63, 3.8) is 0 Å². The Labute approximate surface area is 466 Å². The van der Waals surface area contributed by atoms with Gasteiger partial charge < -0.3 is 51.0 Å². The Hall–Kier alpha value is -5.43. The molecule has 19 nitrogen and oxygen atoms in total. The van der Waals surface area contributed by atoms with E-state index in [0.29, 0.717) is 30.6 Å². The molecule has 442 valence electrons. The molecular formula is C59H99N7O12. The summed E-state index contributed by atoms with van der Waals surface area (Å²) in [7, 11) is 1.29. The Bertz CT molecular complexity index is 2140. The number of Topliss-reactive ketones (excluding diaryl/α,β-unsaturated/α-hetero) is 2. The van der Waals surface area contributed by atoms with Crippen LogP contribution in [-0.2, 0) is 59.0 Å². The molecule has 6 N–H and O–H groups in total. The lowest BCUT2D eigenvalue weighted by molar-refractivity contribution is -0.150. The van der Waals surface area contributed by atoms with Crippen molar-refractivity contribution >= 4 is 52.9 Å². The number of ketones is 2. The molecule has 1 aromatic carbocycles. The zero-order valence-corrected chi connectivity index (χ0v) is 50.3. The van der Waals surface area contributed by atoms with E-state index in [1.807, 2.05) is 55.4 Å². The van der Waals surface area contributed by atoms with Gasteiger partial charge in [-0.2, -0.15) is 0 Å². The maximum absolute atomic E-state index is 14.8. The molecule has 0 aromatic heterocycles. The first-order chi connectivity index (χ1) is 36.2. The summed E-state index contributed by atoms with van der Waals surface area (Å²) in [5.74, 6) is -5.85. The van der Waals surface area contributed by atoms with Gasteiger partial charge in [0.15, 0.2) is 0 Å². The summed E-state index contributed by atoms with van der Waals surface area (Å²) in [6.45, 7) is 28.9. The van der Waals surface area contributed by atoms with Crippen LogP contribution in [0, 0.1) is 11.8 Å². The average molecular weight is 1100 g/mol. The monoisotopic (exact) mass is 1100 g/mol. The first-order valence-electron chi connectivity index (χ1n) is 28.4. The Balaban J connectivity index is 2.41. The number of likely N-dealkylation sites (N-methyl/N-ethyl adjacent to an activating group) is 1.